The molecule has 6 atom stereocenters. The van der Waals surface area contributed by atoms with Crippen LogP contribution in [0.2, 0.25) is 0 Å². The van der Waals surface area contributed by atoms with Gasteiger partial charge in [-0.1, -0.05) is 6.07 Å². The Morgan fingerprint density at radius 1 is 1.00 bits per heavy atom. The van der Waals surface area contributed by atoms with Gasteiger partial charge in [-0.05, 0) is 39.8 Å². The third kappa shape index (κ3) is 2.81. The van der Waals surface area contributed by atoms with Crippen LogP contribution in [0.4, 0.5) is 0 Å². The fourth-order valence-electron chi connectivity index (χ4n) is 3.87. The van der Waals surface area contributed by atoms with E-state index in [9.17, 15) is 39.6 Å². The average molecular weight is 441 g/mol. The molecule has 0 saturated carbocycles. The van der Waals surface area contributed by atoms with E-state index in [1.165, 1.54) is 24.4 Å². The number of hydrogen-bond donors (Lipinski definition) is 5. The lowest BCUT2D eigenvalue weighted by Crippen LogP contribution is -2.88. The van der Waals surface area contributed by atoms with Gasteiger partial charge in [-0.2, -0.15) is 0 Å². The number of thiol groups is 1. The van der Waals surface area contributed by atoms with Crippen LogP contribution in [0.3, 0.4) is 0 Å². The number of rotatable bonds is 6. The van der Waals surface area contributed by atoms with Crippen molar-refractivity contribution in [3.05, 3.63) is 30.1 Å². The van der Waals surface area contributed by atoms with Crippen LogP contribution in [0.5, 0.6) is 0 Å². The van der Waals surface area contributed by atoms with Gasteiger partial charge in [-0.25, -0.2) is 0 Å². The van der Waals surface area contributed by atoms with Crippen molar-refractivity contribution in [1.29, 1.82) is 0 Å². The normalized spacial score (nSPS) is 37.3. The van der Waals surface area contributed by atoms with Crippen molar-refractivity contribution < 1.29 is 44.3 Å². The van der Waals surface area contributed by atoms with Crippen molar-refractivity contribution >= 4 is 35.8 Å². The summed E-state index contributed by atoms with van der Waals surface area (Å²) in [4.78, 5) is 51.0. The van der Waals surface area contributed by atoms with Crippen LogP contribution in [0.15, 0.2) is 24.4 Å². The summed E-state index contributed by atoms with van der Waals surface area (Å²) in [5.41, 5.74) is -10.6. The average Bonchev–Trinajstić information content (AvgIpc) is 2.68. The second-order valence-corrected chi connectivity index (χ2v) is 7.94. The first-order chi connectivity index (χ1) is 13.6. The van der Waals surface area contributed by atoms with Gasteiger partial charge >= 0.3 is 0 Å². The molecule has 1 fully saturated rings. The first kappa shape index (κ1) is 24.3. The summed E-state index contributed by atoms with van der Waals surface area (Å²) in [6.45, 7) is 3.16. The van der Waals surface area contributed by atoms with Crippen molar-refractivity contribution in [1.82, 2.24) is 4.98 Å². The number of Topliss-reactive ketones (excluding diaryl/α,β-unsaturated/α-hetero) is 4. The van der Waals surface area contributed by atoms with Crippen molar-refractivity contribution in [3.8, 4) is 0 Å². The molecular formula is C19H23NO9S. The van der Waals surface area contributed by atoms with Crippen LogP contribution in [0.1, 0.15) is 33.4 Å². The Labute approximate surface area is 177 Å². The summed E-state index contributed by atoms with van der Waals surface area (Å²) >= 11 is 4.22. The standard InChI is InChI=1S/C19H23NO9S/c1-9(21)14(25)15-16(26,10(2)22)17(27,11(3)23)18(28,12(4)24)19(30,29-15)13-7-5-6-8-20-13/h5-8,14-15,25-28,30H,1-4H3/t14?,15-,16-,17+,18-,19-/m1/s1. The van der Waals surface area contributed by atoms with Crippen LogP contribution in [-0.4, -0.2) is 77.6 Å². The van der Waals surface area contributed by atoms with Gasteiger partial charge < -0.3 is 25.2 Å². The first-order valence-electron chi connectivity index (χ1n) is 8.84. The van der Waals surface area contributed by atoms with E-state index in [2.05, 4.69) is 17.6 Å². The quantitative estimate of drug-likeness (QED) is 0.326. The summed E-state index contributed by atoms with van der Waals surface area (Å²) in [6, 6.07) is 4.12. The molecule has 0 spiro atoms. The number of carbonyl (C=O) groups is 4. The zero-order valence-corrected chi connectivity index (χ0v) is 17.6. The molecule has 1 aromatic rings. The maximum atomic E-state index is 12.7. The number of aliphatic hydroxyl groups excluding tert-OH is 1. The lowest BCUT2D eigenvalue weighted by Gasteiger charge is -2.61. The van der Waals surface area contributed by atoms with Crippen LogP contribution < -0.4 is 0 Å². The smallest absolute Gasteiger partial charge is 0.206 e. The third-order valence-electron chi connectivity index (χ3n) is 5.55. The molecule has 0 amide bonds. The highest BCUT2D eigenvalue weighted by Crippen LogP contribution is 2.57. The Hall–Kier alpha value is -2.02. The van der Waals surface area contributed by atoms with E-state index in [0.29, 0.717) is 0 Å². The largest absolute Gasteiger partial charge is 0.382 e. The van der Waals surface area contributed by atoms with Crippen molar-refractivity contribution in [2.75, 3.05) is 0 Å². The fourth-order valence-corrected chi connectivity index (χ4v) is 4.43. The Balaban J connectivity index is 3.06. The van der Waals surface area contributed by atoms with Gasteiger partial charge in [0.2, 0.25) is 11.2 Å². The van der Waals surface area contributed by atoms with Crippen molar-refractivity contribution in [2.45, 2.75) is 61.6 Å². The minimum absolute atomic E-state index is 0.294. The molecule has 1 saturated heterocycles. The maximum absolute atomic E-state index is 12.7. The van der Waals surface area contributed by atoms with E-state index in [0.717, 1.165) is 27.7 Å². The van der Waals surface area contributed by atoms with Gasteiger partial charge in [-0.15, -0.1) is 12.6 Å². The van der Waals surface area contributed by atoms with E-state index >= 15 is 0 Å². The van der Waals surface area contributed by atoms with Crippen LogP contribution in [-0.2, 0) is 28.8 Å². The molecule has 30 heavy (non-hydrogen) atoms. The summed E-state index contributed by atoms with van der Waals surface area (Å²) < 4.78 is 5.56. The van der Waals surface area contributed by atoms with Crippen molar-refractivity contribution in [3.63, 3.8) is 0 Å². The lowest BCUT2D eigenvalue weighted by molar-refractivity contribution is -0.339. The second kappa shape index (κ2) is 7.59. The number of nitrogens with zero attached hydrogens (tertiary/aromatic N) is 1. The van der Waals surface area contributed by atoms with E-state index in [1.54, 1.807) is 0 Å². The minimum Gasteiger partial charge on any atom is -0.382 e. The monoisotopic (exact) mass is 441 g/mol. The lowest BCUT2D eigenvalue weighted by atomic mass is 9.57. The van der Waals surface area contributed by atoms with Crippen LogP contribution >= 0.6 is 12.6 Å². The molecule has 4 N–H and O–H groups in total. The number of hydrogen-bond acceptors (Lipinski definition) is 11. The molecule has 0 aliphatic carbocycles. The number of ketones is 4. The number of carbonyl (C=O) groups excluding carboxylic acids is 4. The van der Waals surface area contributed by atoms with E-state index < -0.39 is 57.1 Å². The molecule has 0 radical (unpaired) electrons. The van der Waals surface area contributed by atoms with Gasteiger partial charge in [0.15, 0.2) is 33.7 Å². The Morgan fingerprint density at radius 3 is 1.90 bits per heavy atom. The Morgan fingerprint density at radius 2 is 1.53 bits per heavy atom. The summed E-state index contributed by atoms with van der Waals surface area (Å²) in [6.07, 6.45) is -3.30. The topological polar surface area (TPSA) is 171 Å². The highest BCUT2D eigenvalue weighted by atomic mass is 32.1. The SMILES string of the molecule is CC(=O)C(O)[C@H]1O[C@@](S)(c2ccccn2)[C@@](O)(C(C)=O)[C@](O)(C(C)=O)[C@@]1(O)C(C)=O. The van der Waals surface area contributed by atoms with Crippen molar-refractivity contribution in [2.24, 2.45) is 0 Å². The maximum Gasteiger partial charge on any atom is 0.206 e. The Kier molecular flexibility index (Phi) is 6.14. The van der Waals surface area contributed by atoms with Crippen LogP contribution in [0.25, 0.3) is 0 Å². The molecule has 1 aliphatic rings. The molecule has 0 aromatic carbocycles. The molecule has 11 heteroatoms. The molecule has 2 heterocycles. The van der Waals surface area contributed by atoms with Crippen LogP contribution in [0, 0.1) is 0 Å². The molecule has 2 rings (SSSR count). The molecular weight excluding hydrogens is 418 g/mol. The highest BCUT2D eigenvalue weighted by molar-refractivity contribution is 7.81. The molecule has 164 valence electrons. The molecule has 1 aromatic heterocycles. The van der Waals surface area contributed by atoms with Gasteiger partial charge in [0.25, 0.3) is 0 Å². The molecule has 1 aliphatic heterocycles. The number of ether oxygens (including phenoxy) is 1. The minimum atomic E-state index is -3.57. The molecule has 0 bridgehead atoms. The summed E-state index contributed by atoms with van der Waals surface area (Å²) in [5, 5.41) is 44.6. The van der Waals surface area contributed by atoms with Gasteiger partial charge in [0, 0.05) is 6.20 Å². The predicted molar refractivity (Wildman–Crippen MR) is 103 cm³/mol. The molecule has 10 nitrogen and oxygen atoms in total. The van der Waals surface area contributed by atoms with Gasteiger partial charge in [0.05, 0.1) is 5.69 Å². The summed E-state index contributed by atoms with van der Waals surface area (Å²) in [7, 11) is 0. The highest BCUT2D eigenvalue weighted by Gasteiger charge is 2.83. The zero-order valence-electron chi connectivity index (χ0n) is 16.7. The third-order valence-corrected chi connectivity index (χ3v) is 6.20. The number of aromatic nitrogens is 1. The number of pyridine rings is 1. The van der Waals surface area contributed by atoms with Gasteiger partial charge in [-0.3, -0.25) is 24.2 Å². The van der Waals surface area contributed by atoms with E-state index in [4.69, 9.17) is 4.74 Å². The van der Waals surface area contributed by atoms with Gasteiger partial charge in [0.1, 0.15) is 12.2 Å². The predicted octanol–water partition coefficient (Wildman–Crippen LogP) is -1.53. The summed E-state index contributed by atoms with van der Waals surface area (Å²) in [5.74, 6) is -5.04. The van der Waals surface area contributed by atoms with E-state index in [1.807, 2.05) is 0 Å². The Bertz CT molecular complexity index is 909. The zero-order chi connectivity index (χ0) is 23.3. The fraction of sp³-hybridized carbons (Fsp3) is 0.526. The second-order valence-electron chi connectivity index (χ2n) is 7.31. The molecule has 1 unspecified atom stereocenters. The van der Waals surface area contributed by atoms with E-state index in [-0.39, 0.29) is 5.69 Å². The number of aliphatic hydroxyl groups is 4. The first-order valence-corrected chi connectivity index (χ1v) is 9.29.